The molecule has 0 saturated heterocycles. The molecule has 124 valence electrons. The Morgan fingerprint density at radius 2 is 1.92 bits per heavy atom. The number of hydrogen-bond acceptors (Lipinski definition) is 4. The highest BCUT2D eigenvalue weighted by atomic mass is 16.2. The van der Waals surface area contributed by atoms with Crippen LogP contribution in [-0.2, 0) is 26.1 Å². The summed E-state index contributed by atoms with van der Waals surface area (Å²) in [4.78, 5) is 12.5. The summed E-state index contributed by atoms with van der Waals surface area (Å²) in [5.41, 5.74) is 1.88. The van der Waals surface area contributed by atoms with Crippen molar-refractivity contribution < 1.29 is 0 Å². The normalized spacial score (nSPS) is 14.3. The van der Waals surface area contributed by atoms with E-state index in [0.717, 1.165) is 43.7 Å². The molecular formula is C17H20N6O. The fourth-order valence-electron chi connectivity index (χ4n) is 3.14. The average Bonchev–Trinajstić information content (AvgIpc) is 3.05. The second-order valence-electron chi connectivity index (χ2n) is 6.21. The molecule has 1 aliphatic rings. The van der Waals surface area contributed by atoms with Gasteiger partial charge in [0.05, 0.1) is 19.3 Å². The Morgan fingerprint density at radius 1 is 1.04 bits per heavy atom. The van der Waals surface area contributed by atoms with Crippen LogP contribution in [0.2, 0.25) is 0 Å². The van der Waals surface area contributed by atoms with Gasteiger partial charge < -0.3 is 0 Å². The Morgan fingerprint density at radius 3 is 2.79 bits per heavy atom. The maximum absolute atomic E-state index is 12.5. The van der Waals surface area contributed by atoms with Gasteiger partial charge in [0.25, 0.3) is 0 Å². The van der Waals surface area contributed by atoms with Crippen LogP contribution in [0.1, 0.15) is 36.3 Å². The number of benzene rings is 1. The predicted molar refractivity (Wildman–Crippen MR) is 88.7 cm³/mol. The van der Waals surface area contributed by atoms with E-state index < -0.39 is 0 Å². The van der Waals surface area contributed by atoms with Gasteiger partial charge in [0.1, 0.15) is 11.5 Å². The summed E-state index contributed by atoms with van der Waals surface area (Å²) in [6, 6.07) is 10.1. The lowest BCUT2D eigenvalue weighted by atomic mass is 10.2. The lowest BCUT2D eigenvalue weighted by Gasteiger charge is -1.99. The number of nitrogens with zero attached hydrogens (tertiary/aromatic N) is 6. The zero-order valence-corrected chi connectivity index (χ0v) is 13.5. The van der Waals surface area contributed by atoms with Crippen molar-refractivity contribution >= 4 is 0 Å². The van der Waals surface area contributed by atoms with Crippen LogP contribution in [0.3, 0.4) is 0 Å². The van der Waals surface area contributed by atoms with Gasteiger partial charge in [-0.1, -0.05) is 42.0 Å². The molecule has 0 amide bonds. The monoisotopic (exact) mass is 324 g/mol. The second kappa shape index (κ2) is 6.43. The van der Waals surface area contributed by atoms with Crippen molar-refractivity contribution in [1.29, 1.82) is 0 Å². The Balaban J connectivity index is 1.51. The summed E-state index contributed by atoms with van der Waals surface area (Å²) in [6.07, 6.45) is 6.07. The Bertz CT molecular complexity index is 876. The molecule has 3 heterocycles. The number of rotatable bonds is 4. The summed E-state index contributed by atoms with van der Waals surface area (Å²) in [6.45, 7) is 1.81. The van der Waals surface area contributed by atoms with Gasteiger partial charge in [-0.05, 0) is 18.4 Å². The van der Waals surface area contributed by atoms with Gasteiger partial charge in [0.15, 0.2) is 0 Å². The molecule has 0 fully saturated rings. The van der Waals surface area contributed by atoms with Crippen molar-refractivity contribution in [3.8, 4) is 0 Å². The van der Waals surface area contributed by atoms with Crippen LogP contribution in [0.5, 0.6) is 0 Å². The van der Waals surface area contributed by atoms with Gasteiger partial charge in [-0.2, -0.15) is 5.10 Å². The van der Waals surface area contributed by atoms with E-state index in [4.69, 9.17) is 0 Å². The van der Waals surface area contributed by atoms with Crippen molar-refractivity contribution in [2.24, 2.45) is 0 Å². The first-order chi connectivity index (χ1) is 11.8. The fraction of sp³-hybridized carbons (Fsp3) is 0.412. The molecule has 2 aromatic heterocycles. The zero-order chi connectivity index (χ0) is 16.4. The second-order valence-corrected chi connectivity index (χ2v) is 6.21. The van der Waals surface area contributed by atoms with Gasteiger partial charge in [0.2, 0.25) is 0 Å². The van der Waals surface area contributed by atoms with Gasteiger partial charge in [-0.3, -0.25) is 4.57 Å². The molecule has 0 radical (unpaired) electrons. The first-order valence-electron chi connectivity index (χ1n) is 8.39. The minimum absolute atomic E-state index is 0.0375. The number of aryl methyl sites for hydroxylation is 1. The molecule has 7 heteroatoms. The highest BCUT2D eigenvalue weighted by Gasteiger charge is 2.16. The van der Waals surface area contributed by atoms with Crippen LogP contribution < -0.4 is 5.69 Å². The largest absolute Gasteiger partial charge is 0.346 e. The molecule has 4 rings (SSSR count). The first kappa shape index (κ1) is 14.9. The van der Waals surface area contributed by atoms with Crippen molar-refractivity contribution in [1.82, 2.24) is 29.3 Å². The summed E-state index contributed by atoms with van der Waals surface area (Å²) < 4.78 is 5.11. The van der Waals surface area contributed by atoms with Crippen molar-refractivity contribution in [2.75, 3.05) is 0 Å². The van der Waals surface area contributed by atoms with E-state index in [0.29, 0.717) is 13.1 Å². The topological polar surface area (TPSA) is 70.5 Å². The van der Waals surface area contributed by atoms with E-state index in [1.807, 2.05) is 24.4 Å². The third kappa shape index (κ3) is 3.02. The van der Waals surface area contributed by atoms with Gasteiger partial charge in [-0.15, -0.1) is 5.10 Å². The minimum atomic E-state index is -0.0375. The molecule has 0 bridgehead atoms. The van der Waals surface area contributed by atoms with E-state index in [9.17, 15) is 4.79 Å². The van der Waals surface area contributed by atoms with Crippen LogP contribution in [-0.4, -0.2) is 29.3 Å². The molecule has 1 aromatic carbocycles. The highest BCUT2D eigenvalue weighted by molar-refractivity contribution is 5.14. The van der Waals surface area contributed by atoms with Crippen molar-refractivity contribution in [2.45, 2.75) is 45.3 Å². The average molecular weight is 324 g/mol. The van der Waals surface area contributed by atoms with E-state index in [1.54, 1.807) is 9.25 Å². The molecule has 3 aromatic rings. The summed E-state index contributed by atoms with van der Waals surface area (Å²) in [5, 5.41) is 12.8. The van der Waals surface area contributed by atoms with Crippen LogP contribution >= 0.6 is 0 Å². The third-order valence-electron chi connectivity index (χ3n) is 4.37. The van der Waals surface area contributed by atoms with Gasteiger partial charge in [-0.25, -0.2) is 14.2 Å². The minimum Gasteiger partial charge on any atom is -0.279 e. The predicted octanol–water partition coefficient (Wildman–Crippen LogP) is 1.46. The Hall–Kier alpha value is -2.70. The Kier molecular flexibility index (Phi) is 3.98. The van der Waals surface area contributed by atoms with E-state index >= 15 is 0 Å². The summed E-state index contributed by atoms with van der Waals surface area (Å²) >= 11 is 0. The Labute approximate surface area is 139 Å². The van der Waals surface area contributed by atoms with Crippen LogP contribution in [0.25, 0.3) is 0 Å². The first-order valence-corrected chi connectivity index (χ1v) is 8.39. The van der Waals surface area contributed by atoms with Crippen LogP contribution in [0, 0.1) is 0 Å². The molecule has 0 N–H and O–H groups in total. The van der Waals surface area contributed by atoms with Crippen LogP contribution in [0.15, 0.2) is 41.3 Å². The fourth-order valence-corrected chi connectivity index (χ4v) is 3.14. The zero-order valence-electron chi connectivity index (χ0n) is 13.5. The van der Waals surface area contributed by atoms with Gasteiger partial charge >= 0.3 is 5.69 Å². The van der Waals surface area contributed by atoms with E-state index in [2.05, 4.69) is 27.5 Å². The molecule has 0 atom stereocenters. The van der Waals surface area contributed by atoms with E-state index in [1.165, 1.54) is 10.2 Å². The molecule has 0 saturated carbocycles. The molecule has 1 aliphatic heterocycles. The maximum atomic E-state index is 12.5. The lowest BCUT2D eigenvalue weighted by Crippen LogP contribution is -2.25. The molecule has 7 nitrogen and oxygen atoms in total. The van der Waals surface area contributed by atoms with Crippen molar-refractivity contribution in [3.05, 3.63) is 64.1 Å². The number of hydrogen-bond donors (Lipinski definition) is 0. The lowest BCUT2D eigenvalue weighted by molar-refractivity contribution is 0.580. The SMILES string of the molecule is O=c1n(Cc2cn(Cc3ccccc3)nn2)nc2n1CCCCC2. The van der Waals surface area contributed by atoms with Gasteiger partial charge in [0, 0.05) is 13.0 Å². The molecule has 24 heavy (non-hydrogen) atoms. The van der Waals surface area contributed by atoms with Crippen LogP contribution in [0.4, 0.5) is 0 Å². The molecular weight excluding hydrogens is 304 g/mol. The standard InChI is InChI=1S/C17H20N6O/c24-17-22-10-6-2-5-9-16(22)19-23(17)13-15-12-21(20-18-15)11-14-7-3-1-4-8-14/h1,3-4,7-8,12H,2,5-6,9-11,13H2. The summed E-state index contributed by atoms with van der Waals surface area (Å²) in [5.74, 6) is 0.897. The maximum Gasteiger partial charge on any atom is 0.346 e. The van der Waals surface area contributed by atoms with E-state index in [-0.39, 0.29) is 5.69 Å². The highest BCUT2D eigenvalue weighted by Crippen LogP contribution is 2.10. The van der Waals surface area contributed by atoms with Crippen molar-refractivity contribution in [3.63, 3.8) is 0 Å². The molecule has 0 aliphatic carbocycles. The number of aromatic nitrogens is 6. The molecule has 0 spiro atoms. The smallest absolute Gasteiger partial charge is 0.279 e. The quantitative estimate of drug-likeness (QED) is 0.728. The third-order valence-corrected chi connectivity index (χ3v) is 4.37. The summed E-state index contributed by atoms with van der Waals surface area (Å²) in [7, 11) is 0. The molecule has 0 unspecified atom stereocenters. The number of fused-ring (bicyclic) bond motifs is 1.